The summed E-state index contributed by atoms with van der Waals surface area (Å²) < 4.78 is 0. The van der Waals surface area contributed by atoms with Crippen LogP contribution in [0.15, 0.2) is 30.3 Å². The molecule has 0 radical (unpaired) electrons. The van der Waals surface area contributed by atoms with E-state index in [0.717, 1.165) is 5.69 Å². The molecule has 1 amide bonds. The Morgan fingerprint density at radius 2 is 1.88 bits per heavy atom. The maximum atomic E-state index is 11.3. The van der Waals surface area contributed by atoms with Crippen LogP contribution in [0.25, 0.3) is 0 Å². The van der Waals surface area contributed by atoms with Gasteiger partial charge in [-0.25, -0.2) is 10.2 Å². The molecule has 5 heteroatoms. The van der Waals surface area contributed by atoms with E-state index >= 15 is 0 Å². The molecule has 1 rings (SSSR count). The summed E-state index contributed by atoms with van der Waals surface area (Å²) in [6.07, 6.45) is -0.521. The lowest BCUT2D eigenvalue weighted by Crippen LogP contribution is -2.36. The summed E-state index contributed by atoms with van der Waals surface area (Å²) in [4.78, 5) is 16.3. The first-order valence-electron chi connectivity index (χ1n) is 5.30. The number of amides is 1. The van der Waals surface area contributed by atoms with Crippen LogP contribution in [0.4, 0.5) is 10.5 Å². The molecule has 0 aromatic heterocycles. The lowest BCUT2D eigenvalue weighted by atomic mass is 10.3. The van der Waals surface area contributed by atoms with Gasteiger partial charge in [0.1, 0.15) is 0 Å². The SMILES string of the molecule is CCN(CC)OC(=O)NNc1ccccc1. The summed E-state index contributed by atoms with van der Waals surface area (Å²) in [6, 6.07) is 9.34. The fourth-order valence-corrected chi connectivity index (χ4v) is 1.14. The number of benzene rings is 1. The largest absolute Gasteiger partial charge is 0.445 e. The van der Waals surface area contributed by atoms with Crippen molar-refractivity contribution in [1.29, 1.82) is 0 Å². The third-order valence-electron chi connectivity index (χ3n) is 2.00. The van der Waals surface area contributed by atoms with Crippen LogP contribution in [0.1, 0.15) is 13.8 Å². The molecule has 0 aliphatic rings. The van der Waals surface area contributed by atoms with Crippen molar-refractivity contribution in [3.05, 3.63) is 30.3 Å². The second-order valence-electron chi connectivity index (χ2n) is 3.11. The zero-order chi connectivity index (χ0) is 11.8. The highest BCUT2D eigenvalue weighted by Gasteiger charge is 2.06. The molecule has 2 N–H and O–H groups in total. The number of nitrogens with zero attached hydrogens (tertiary/aromatic N) is 1. The van der Waals surface area contributed by atoms with Gasteiger partial charge in [0.15, 0.2) is 0 Å². The van der Waals surface area contributed by atoms with Gasteiger partial charge in [-0.3, -0.25) is 5.43 Å². The van der Waals surface area contributed by atoms with E-state index in [1.54, 1.807) is 5.06 Å². The van der Waals surface area contributed by atoms with Crippen molar-refractivity contribution >= 4 is 11.8 Å². The van der Waals surface area contributed by atoms with Gasteiger partial charge < -0.3 is 4.84 Å². The van der Waals surface area contributed by atoms with Crippen molar-refractivity contribution in [2.75, 3.05) is 18.5 Å². The number of hydrogen-bond donors (Lipinski definition) is 2. The molecule has 5 nitrogen and oxygen atoms in total. The molecule has 0 unspecified atom stereocenters. The van der Waals surface area contributed by atoms with Gasteiger partial charge in [-0.2, -0.15) is 0 Å². The Balaban J connectivity index is 2.30. The first-order chi connectivity index (χ1) is 7.76. The van der Waals surface area contributed by atoms with E-state index in [-0.39, 0.29) is 0 Å². The van der Waals surface area contributed by atoms with Gasteiger partial charge in [-0.1, -0.05) is 18.2 Å². The van der Waals surface area contributed by atoms with Crippen LogP contribution in [-0.2, 0) is 4.84 Å². The topological polar surface area (TPSA) is 53.6 Å². The zero-order valence-electron chi connectivity index (χ0n) is 9.56. The Bertz CT molecular complexity index is 312. The minimum Gasteiger partial charge on any atom is -0.350 e. The number of rotatable bonds is 5. The van der Waals surface area contributed by atoms with Crippen LogP contribution >= 0.6 is 0 Å². The first-order valence-corrected chi connectivity index (χ1v) is 5.30. The molecule has 0 aliphatic heterocycles. The summed E-state index contributed by atoms with van der Waals surface area (Å²) in [6.45, 7) is 5.16. The Morgan fingerprint density at radius 1 is 1.25 bits per heavy atom. The Morgan fingerprint density at radius 3 is 2.44 bits per heavy atom. The summed E-state index contributed by atoms with van der Waals surface area (Å²) in [5.74, 6) is 0. The fraction of sp³-hybridized carbons (Fsp3) is 0.364. The van der Waals surface area contributed by atoms with E-state index in [0.29, 0.717) is 13.1 Å². The number of anilines is 1. The Kier molecular flexibility index (Phi) is 5.15. The summed E-state index contributed by atoms with van der Waals surface area (Å²) in [7, 11) is 0. The third kappa shape index (κ3) is 4.18. The highest BCUT2D eigenvalue weighted by atomic mass is 16.7. The molecule has 0 aliphatic carbocycles. The summed E-state index contributed by atoms with van der Waals surface area (Å²) in [5, 5.41) is 1.56. The molecule has 0 saturated heterocycles. The molecule has 1 aromatic carbocycles. The number of hydroxylamine groups is 2. The van der Waals surface area contributed by atoms with Crippen molar-refractivity contribution in [3.63, 3.8) is 0 Å². The summed E-state index contributed by atoms with van der Waals surface area (Å²) >= 11 is 0. The van der Waals surface area contributed by atoms with Gasteiger partial charge in [0.25, 0.3) is 0 Å². The van der Waals surface area contributed by atoms with Gasteiger partial charge >= 0.3 is 6.09 Å². The van der Waals surface area contributed by atoms with E-state index in [1.165, 1.54) is 0 Å². The Hall–Kier alpha value is -1.75. The highest BCUT2D eigenvalue weighted by Crippen LogP contribution is 2.02. The third-order valence-corrected chi connectivity index (χ3v) is 2.00. The van der Waals surface area contributed by atoms with Crippen LogP contribution < -0.4 is 10.9 Å². The van der Waals surface area contributed by atoms with Gasteiger partial charge in [0.05, 0.1) is 5.69 Å². The van der Waals surface area contributed by atoms with Crippen LogP contribution in [0, 0.1) is 0 Å². The average molecular weight is 223 g/mol. The number of para-hydroxylation sites is 1. The van der Waals surface area contributed by atoms with Crippen LogP contribution in [0.2, 0.25) is 0 Å². The highest BCUT2D eigenvalue weighted by molar-refractivity contribution is 5.68. The number of carbonyl (C=O) groups excluding carboxylic acids is 1. The van der Waals surface area contributed by atoms with Crippen molar-refractivity contribution in [2.24, 2.45) is 0 Å². The van der Waals surface area contributed by atoms with Crippen LogP contribution in [0.5, 0.6) is 0 Å². The molecule has 0 bridgehead atoms. The predicted octanol–water partition coefficient (Wildman–Crippen LogP) is 2.00. The van der Waals surface area contributed by atoms with E-state index in [1.807, 2.05) is 44.2 Å². The maximum absolute atomic E-state index is 11.3. The molecule has 0 atom stereocenters. The van der Waals surface area contributed by atoms with Gasteiger partial charge in [-0.15, -0.1) is 5.06 Å². The zero-order valence-corrected chi connectivity index (χ0v) is 9.56. The smallest absolute Gasteiger partial charge is 0.350 e. The lowest BCUT2D eigenvalue weighted by Gasteiger charge is -2.17. The number of carbonyl (C=O) groups is 1. The lowest BCUT2D eigenvalue weighted by molar-refractivity contribution is -0.0911. The van der Waals surface area contributed by atoms with Crippen molar-refractivity contribution in [3.8, 4) is 0 Å². The number of hydrazine groups is 1. The van der Waals surface area contributed by atoms with E-state index in [4.69, 9.17) is 4.84 Å². The molecule has 0 heterocycles. The number of nitrogens with one attached hydrogen (secondary N) is 2. The van der Waals surface area contributed by atoms with Crippen LogP contribution in [0.3, 0.4) is 0 Å². The maximum Gasteiger partial charge on any atom is 0.445 e. The average Bonchev–Trinajstić information content (AvgIpc) is 2.34. The van der Waals surface area contributed by atoms with E-state index in [9.17, 15) is 4.79 Å². The standard InChI is InChI=1S/C11H17N3O2/c1-3-14(4-2)16-11(15)13-12-10-8-6-5-7-9-10/h5-9,12H,3-4H2,1-2H3,(H,13,15). The molecular weight excluding hydrogens is 206 g/mol. The second-order valence-corrected chi connectivity index (χ2v) is 3.11. The summed E-state index contributed by atoms with van der Waals surface area (Å²) in [5.41, 5.74) is 6.00. The van der Waals surface area contributed by atoms with Gasteiger partial charge in [0.2, 0.25) is 0 Å². The monoisotopic (exact) mass is 223 g/mol. The minimum absolute atomic E-state index is 0.521. The first kappa shape index (κ1) is 12.3. The Labute approximate surface area is 95.3 Å². The normalized spacial score (nSPS) is 9.94. The van der Waals surface area contributed by atoms with Crippen molar-refractivity contribution in [1.82, 2.24) is 10.5 Å². The molecule has 16 heavy (non-hydrogen) atoms. The molecule has 88 valence electrons. The molecule has 0 spiro atoms. The fourth-order valence-electron chi connectivity index (χ4n) is 1.14. The molecule has 0 fully saturated rings. The predicted molar refractivity (Wildman–Crippen MR) is 62.6 cm³/mol. The molecule has 1 aromatic rings. The minimum atomic E-state index is -0.521. The van der Waals surface area contributed by atoms with Gasteiger partial charge in [0, 0.05) is 13.1 Å². The molecule has 0 saturated carbocycles. The quantitative estimate of drug-likeness (QED) is 0.750. The van der Waals surface area contributed by atoms with Crippen LogP contribution in [-0.4, -0.2) is 24.2 Å². The van der Waals surface area contributed by atoms with E-state index < -0.39 is 6.09 Å². The van der Waals surface area contributed by atoms with Crippen molar-refractivity contribution < 1.29 is 9.63 Å². The van der Waals surface area contributed by atoms with E-state index in [2.05, 4.69) is 10.9 Å². The second kappa shape index (κ2) is 6.68. The molecular formula is C11H17N3O2. The van der Waals surface area contributed by atoms with Crippen molar-refractivity contribution in [2.45, 2.75) is 13.8 Å². The van der Waals surface area contributed by atoms with Gasteiger partial charge in [-0.05, 0) is 26.0 Å². The number of hydrogen-bond acceptors (Lipinski definition) is 4.